The van der Waals surface area contributed by atoms with Gasteiger partial charge in [0.15, 0.2) is 0 Å². The maximum absolute atomic E-state index is 13.3. The van der Waals surface area contributed by atoms with E-state index in [-0.39, 0.29) is 18.2 Å². The van der Waals surface area contributed by atoms with Crippen molar-refractivity contribution in [2.75, 3.05) is 0 Å². The molecule has 2 amide bonds. The first kappa shape index (κ1) is 14.2. The van der Waals surface area contributed by atoms with E-state index < -0.39 is 11.7 Å². The molecule has 0 fully saturated rings. The molecule has 1 aromatic carbocycles. The molecule has 0 radical (unpaired) electrons. The number of hydrazine groups is 1. The van der Waals surface area contributed by atoms with Crippen LogP contribution >= 0.6 is 0 Å². The summed E-state index contributed by atoms with van der Waals surface area (Å²) in [6, 6.07) is 6.04. The number of carbonyl (C=O) groups excluding carboxylic acids is 2. The van der Waals surface area contributed by atoms with Gasteiger partial charge in [0.05, 0.1) is 6.42 Å². The molecule has 0 unspecified atom stereocenters. The molecule has 0 saturated carbocycles. The number of hydrogen-bond donors (Lipinski definition) is 2. The standard InChI is InChI=1S/C13H17FN2O2/c1-9(2)7-12(17)15-16-13(18)8-10-5-3-4-6-11(10)14/h3-6,9H,7-8H2,1-2H3,(H,15,17)(H,16,18). The second-order valence-electron chi connectivity index (χ2n) is 4.46. The van der Waals surface area contributed by atoms with Gasteiger partial charge in [0.1, 0.15) is 5.82 Å². The normalized spacial score (nSPS) is 10.2. The highest BCUT2D eigenvalue weighted by atomic mass is 19.1. The number of carbonyl (C=O) groups is 2. The summed E-state index contributed by atoms with van der Waals surface area (Å²) >= 11 is 0. The molecule has 0 saturated heterocycles. The molecular weight excluding hydrogens is 235 g/mol. The van der Waals surface area contributed by atoms with Crippen molar-refractivity contribution < 1.29 is 14.0 Å². The molecule has 98 valence electrons. The molecule has 0 heterocycles. The number of amides is 2. The van der Waals surface area contributed by atoms with E-state index in [1.807, 2.05) is 13.8 Å². The molecule has 0 bridgehead atoms. The van der Waals surface area contributed by atoms with Crippen LogP contribution in [0.2, 0.25) is 0 Å². The van der Waals surface area contributed by atoms with Crippen LogP contribution in [0.5, 0.6) is 0 Å². The highest BCUT2D eigenvalue weighted by Crippen LogP contribution is 2.06. The van der Waals surface area contributed by atoms with Gasteiger partial charge in [-0.15, -0.1) is 0 Å². The first-order valence-corrected chi connectivity index (χ1v) is 5.80. The molecule has 0 atom stereocenters. The lowest BCUT2D eigenvalue weighted by molar-refractivity contribution is -0.129. The van der Waals surface area contributed by atoms with Gasteiger partial charge < -0.3 is 0 Å². The molecule has 0 spiro atoms. The van der Waals surface area contributed by atoms with E-state index in [9.17, 15) is 14.0 Å². The Morgan fingerprint density at radius 1 is 1.17 bits per heavy atom. The van der Waals surface area contributed by atoms with Crippen LogP contribution in [-0.4, -0.2) is 11.8 Å². The first-order chi connectivity index (χ1) is 8.49. The Morgan fingerprint density at radius 3 is 2.39 bits per heavy atom. The van der Waals surface area contributed by atoms with Gasteiger partial charge in [0, 0.05) is 6.42 Å². The fourth-order valence-electron chi connectivity index (χ4n) is 1.42. The third-order valence-electron chi connectivity index (χ3n) is 2.24. The van der Waals surface area contributed by atoms with Crippen LogP contribution in [0, 0.1) is 11.7 Å². The van der Waals surface area contributed by atoms with E-state index in [1.54, 1.807) is 12.1 Å². The van der Waals surface area contributed by atoms with Crippen molar-refractivity contribution in [2.45, 2.75) is 26.7 Å². The SMILES string of the molecule is CC(C)CC(=O)NNC(=O)Cc1ccccc1F. The number of benzene rings is 1. The summed E-state index contributed by atoms with van der Waals surface area (Å²) in [5, 5.41) is 0. The molecule has 2 N–H and O–H groups in total. The van der Waals surface area contributed by atoms with Crippen molar-refractivity contribution in [2.24, 2.45) is 5.92 Å². The van der Waals surface area contributed by atoms with E-state index >= 15 is 0 Å². The van der Waals surface area contributed by atoms with Crippen molar-refractivity contribution >= 4 is 11.8 Å². The average Bonchev–Trinajstić information content (AvgIpc) is 2.29. The van der Waals surface area contributed by atoms with Crippen LogP contribution in [0.1, 0.15) is 25.8 Å². The van der Waals surface area contributed by atoms with Crippen LogP contribution in [0.15, 0.2) is 24.3 Å². The fourth-order valence-corrected chi connectivity index (χ4v) is 1.42. The summed E-state index contributed by atoms with van der Waals surface area (Å²) in [5.41, 5.74) is 4.85. The third-order valence-corrected chi connectivity index (χ3v) is 2.24. The molecule has 0 aliphatic carbocycles. The lowest BCUT2D eigenvalue weighted by Crippen LogP contribution is -2.42. The minimum atomic E-state index is -0.447. The number of nitrogens with one attached hydrogen (secondary N) is 2. The monoisotopic (exact) mass is 252 g/mol. The van der Waals surface area contributed by atoms with Gasteiger partial charge in [-0.1, -0.05) is 32.0 Å². The number of hydrogen-bond acceptors (Lipinski definition) is 2. The van der Waals surface area contributed by atoms with E-state index in [2.05, 4.69) is 10.9 Å². The predicted octanol–water partition coefficient (Wildman–Crippen LogP) is 1.56. The minimum Gasteiger partial charge on any atom is -0.273 e. The zero-order valence-electron chi connectivity index (χ0n) is 10.5. The molecule has 1 rings (SSSR count). The Morgan fingerprint density at radius 2 is 1.78 bits per heavy atom. The lowest BCUT2D eigenvalue weighted by Gasteiger charge is -2.09. The maximum Gasteiger partial charge on any atom is 0.242 e. The molecule has 1 aromatic rings. The van der Waals surface area contributed by atoms with Crippen LogP contribution < -0.4 is 10.9 Å². The third kappa shape index (κ3) is 4.95. The zero-order chi connectivity index (χ0) is 13.5. The molecule has 0 aliphatic rings. The Kier molecular flexibility index (Phi) is 5.30. The molecule has 4 nitrogen and oxygen atoms in total. The van der Waals surface area contributed by atoms with Crippen molar-refractivity contribution in [3.05, 3.63) is 35.6 Å². The van der Waals surface area contributed by atoms with Crippen molar-refractivity contribution in [1.29, 1.82) is 0 Å². The van der Waals surface area contributed by atoms with Gasteiger partial charge >= 0.3 is 0 Å². The Bertz CT molecular complexity index is 433. The zero-order valence-corrected chi connectivity index (χ0v) is 10.5. The van der Waals surface area contributed by atoms with Gasteiger partial charge in [-0.25, -0.2) is 4.39 Å². The molecular formula is C13H17FN2O2. The average molecular weight is 252 g/mol. The second kappa shape index (κ2) is 6.74. The summed E-state index contributed by atoms with van der Waals surface area (Å²) in [4.78, 5) is 22.7. The van der Waals surface area contributed by atoms with Crippen molar-refractivity contribution in [3.63, 3.8) is 0 Å². The van der Waals surface area contributed by atoms with Crippen molar-refractivity contribution in [3.8, 4) is 0 Å². The summed E-state index contributed by atoms with van der Waals surface area (Å²) in [6.07, 6.45) is 0.231. The Balaban J connectivity index is 2.39. The number of rotatable bonds is 4. The van der Waals surface area contributed by atoms with Gasteiger partial charge in [0.2, 0.25) is 11.8 Å². The van der Waals surface area contributed by atoms with Crippen LogP contribution in [0.3, 0.4) is 0 Å². The summed E-state index contributed by atoms with van der Waals surface area (Å²) < 4.78 is 13.3. The lowest BCUT2D eigenvalue weighted by atomic mass is 10.1. The largest absolute Gasteiger partial charge is 0.273 e. The molecule has 5 heteroatoms. The van der Waals surface area contributed by atoms with E-state index in [1.165, 1.54) is 12.1 Å². The highest BCUT2D eigenvalue weighted by molar-refractivity contribution is 5.83. The first-order valence-electron chi connectivity index (χ1n) is 5.80. The van der Waals surface area contributed by atoms with Gasteiger partial charge in [-0.3, -0.25) is 20.4 Å². The summed E-state index contributed by atoms with van der Waals surface area (Å²) in [5.74, 6) is -0.918. The Hall–Kier alpha value is -1.91. The van der Waals surface area contributed by atoms with E-state index in [0.29, 0.717) is 12.0 Å². The number of halogens is 1. The van der Waals surface area contributed by atoms with Crippen LogP contribution in [0.25, 0.3) is 0 Å². The minimum absolute atomic E-state index is 0.103. The topological polar surface area (TPSA) is 58.2 Å². The molecule has 0 aromatic heterocycles. The van der Waals surface area contributed by atoms with Gasteiger partial charge in [0.25, 0.3) is 0 Å². The van der Waals surface area contributed by atoms with Gasteiger partial charge in [-0.2, -0.15) is 0 Å². The summed E-state index contributed by atoms with van der Waals surface area (Å²) in [6.45, 7) is 3.81. The molecule has 0 aliphatic heterocycles. The highest BCUT2D eigenvalue weighted by Gasteiger charge is 2.09. The molecule has 18 heavy (non-hydrogen) atoms. The predicted molar refractivity (Wildman–Crippen MR) is 65.8 cm³/mol. The van der Waals surface area contributed by atoms with Crippen LogP contribution in [0.4, 0.5) is 4.39 Å². The fraction of sp³-hybridized carbons (Fsp3) is 0.385. The summed E-state index contributed by atoms with van der Waals surface area (Å²) in [7, 11) is 0. The van der Waals surface area contributed by atoms with Crippen LogP contribution in [-0.2, 0) is 16.0 Å². The quantitative estimate of drug-likeness (QED) is 0.799. The van der Waals surface area contributed by atoms with E-state index in [4.69, 9.17) is 0 Å². The van der Waals surface area contributed by atoms with Gasteiger partial charge in [-0.05, 0) is 17.5 Å². The Labute approximate surface area is 106 Å². The van der Waals surface area contributed by atoms with Crippen molar-refractivity contribution in [1.82, 2.24) is 10.9 Å². The smallest absolute Gasteiger partial charge is 0.242 e. The second-order valence-corrected chi connectivity index (χ2v) is 4.46. The van der Waals surface area contributed by atoms with E-state index in [0.717, 1.165) is 0 Å². The maximum atomic E-state index is 13.3.